The standard InChI is InChI=1S/C21H19FN2O3/c1-26-19-8-5-14(11-20(19)27-2)10-16-12-17(22)6-7-18(16)24-21(25)15-4-3-9-23-13-15/h3-9,11-13H,10H2,1-2H3,(H,24,25). The highest BCUT2D eigenvalue weighted by atomic mass is 19.1. The number of aromatic nitrogens is 1. The summed E-state index contributed by atoms with van der Waals surface area (Å²) >= 11 is 0. The van der Waals surface area contributed by atoms with Crippen molar-refractivity contribution >= 4 is 11.6 Å². The number of halogens is 1. The van der Waals surface area contributed by atoms with Gasteiger partial charge in [-0.1, -0.05) is 6.07 Å². The molecule has 0 saturated heterocycles. The van der Waals surface area contributed by atoms with Gasteiger partial charge in [0, 0.05) is 18.1 Å². The van der Waals surface area contributed by atoms with Gasteiger partial charge in [-0.3, -0.25) is 9.78 Å². The summed E-state index contributed by atoms with van der Waals surface area (Å²) in [6.45, 7) is 0. The predicted octanol–water partition coefficient (Wildman–Crippen LogP) is 4.08. The van der Waals surface area contributed by atoms with Gasteiger partial charge in [-0.15, -0.1) is 0 Å². The number of ether oxygens (including phenoxy) is 2. The minimum atomic E-state index is -0.371. The predicted molar refractivity (Wildman–Crippen MR) is 101 cm³/mol. The molecule has 0 saturated carbocycles. The molecule has 0 aliphatic carbocycles. The number of hydrogen-bond acceptors (Lipinski definition) is 4. The summed E-state index contributed by atoms with van der Waals surface area (Å²) in [6, 6.07) is 13.1. The quantitative estimate of drug-likeness (QED) is 0.714. The van der Waals surface area contributed by atoms with Crippen LogP contribution in [-0.2, 0) is 6.42 Å². The minimum absolute atomic E-state index is 0.303. The topological polar surface area (TPSA) is 60.5 Å². The first-order valence-corrected chi connectivity index (χ1v) is 8.31. The number of rotatable bonds is 6. The molecule has 0 bridgehead atoms. The van der Waals surface area contributed by atoms with Crippen LogP contribution in [0, 0.1) is 5.82 Å². The number of nitrogens with zero attached hydrogens (tertiary/aromatic N) is 1. The van der Waals surface area contributed by atoms with Crippen molar-refractivity contribution in [3.05, 3.63) is 83.4 Å². The van der Waals surface area contributed by atoms with Crippen LogP contribution >= 0.6 is 0 Å². The highest BCUT2D eigenvalue weighted by Crippen LogP contribution is 2.30. The summed E-state index contributed by atoms with van der Waals surface area (Å²) in [4.78, 5) is 16.3. The molecular formula is C21H19FN2O3. The third-order valence-electron chi connectivity index (χ3n) is 4.08. The molecule has 3 aromatic rings. The number of amides is 1. The molecular weight excluding hydrogens is 347 g/mol. The van der Waals surface area contributed by atoms with Crippen LogP contribution in [0.5, 0.6) is 11.5 Å². The van der Waals surface area contributed by atoms with Crippen LogP contribution < -0.4 is 14.8 Å². The maximum absolute atomic E-state index is 13.8. The molecule has 0 radical (unpaired) electrons. The zero-order valence-corrected chi connectivity index (χ0v) is 15.0. The van der Waals surface area contributed by atoms with Crippen molar-refractivity contribution < 1.29 is 18.7 Å². The monoisotopic (exact) mass is 366 g/mol. The van der Waals surface area contributed by atoms with E-state index in [0.717, 1.165) is 5.56 Å². The minimum Gasteiger partial charge on any atom is -0.493 e. The zero-order valence-electron chi connectivity index (χ0n) is 15.0. The van der Waals surface area contributed by atoms with Gasteiger partial charge in [-0.2, -0.15) is 0 Å². The molecule has 0 aliphatic rings. The number of hydrogen-bond donors (Lipinski definition) is 1. The van der Waals surface area contributed by atoms with E-state index < -0.39 is 0 Å². The lowest BCUT2D eigenvalue weighted by Gasteiger charge is -2.13. The SMILES string of the molecule is COc1ccc(Cc2cc(F)ccc2NC(=O)c2cccnc2)cc1OC. The van der Waals surface area contributed by atoms with Crippen LogP contribution in [0.15, 0.2) is 60.9 Å². The van der Waals surface area contributed by atoms with Crippen molar-refractivity contribution in [2.24, 2.45) is 0 Å². The molecule has 6 heteroatoms. The maximum atomic E-state index is 13.8. The fourth-order valence-electron chi connectivity index (χ4n) is 2.73. The Morgan fingerprint density at radius 2 is 1.89 bits per heavy atom. The fourth-order valence-corrected chi connectivity index (χ4v) is 2.73. The van der Waals surface area contributed by atoms with Crippen LogP contribution in [-0.4, -0.2) is 25.1 Å². The number of carbonyl (C=O) groups is 1. The maximum Gasteiger partial charge on any atom is 0.257 e. The molecule has 0 unspecified atom stereocenters. The molecule has 0 spiro atoms. The first kappa shape index (κ1) is 18.4. The zero-order chi connectivity index (χ0) is 19.2. The molecule has 138 valence electrons. The van der Waals surface area contributed by atoms with Crippen molar-refractivity contribution in [2.45, 2.75) is 6.42 Å². The van der Waals surface area contributed by atoms with E-state index >= 15 is 0 Å². The van der Waals surface area contributed by atoms with E-state index in [1.807, 2.05) is 12.1 Å². The molecule has 1 N–H and O–H groups in total. The van der Waals surface area contributed by atoms with Crippen molar-refractivity contribution in [1.29, 1.82) is 0 Å². The smallest absolute Gasteiger partial charge is 0.257 e. The molecule has 27 heavy (non-hydrogen) atoms. The van der Waals surface area contributed by atoms with Gasteiger partial charge in [-0.05, 0) is 60.0 Å². The van der Waals surface area contributed by atoms with Crippen molar-refractivity contribution in [1.82, 2.24) is 4.98 Å². The van der Waals surface area contributed by atoms with Gasteiger partial charge >= 0.3 is 0 Å². The molecule has 0 aliphatic heterocycles. The summed E-state index contributed by atoms with van der Waals surface area (Å²) in [6.07, 6.45) is 3.49. The van der Waals surface area contributed by atoms with E-state index in [4.69, 9.17) is 9.47 Å². The summed E-state index contributed by atoms with van der Waals surface area (Å²) < 4.78 is 24.4. The summed E-state index contributed by atoms with van der Waals surface area (Å²) in [7, 11) is 3.12. The van der Waals surface area contributed by atoms with Gasteiger partial charge in [-0.25, -0.2) is 4.39 Å². The van der Waals surface area contributed by atoms with E-state index in [1.165, 1.54) is 18.3 Å². The van der Waals surface area contributed by atoms with Gasteiger partial charge in [0.1, 0.15) is 5.82 Å². The molecule has 2 aromatic carbocycles. The first-order valence-electron chi connectivity index (χ1n) is 8.31. The Balaban J connectivity index is 1.87. The van der Waals surface area contributed by atoms with Gasteiger partial charge in [0.05, 0.1) is 19.8 Å². The second-order valence-corrected chi connectivity index (χ2v) is 5.86. The van der Waals surface area contributed by atoms with Gasteiger partial charge < -0.3 is 14.8 Å². The third-order valence-corrected chi connectivity index (χ3v) is 4.08. The lowest BCUT2D eigenvalue weighted by Crippen LogP contribution is -2.13. The number of carbonyl (C=O) groups excluding carboxylic acids is 1. The number of anilines is 1. The van der Waals surface area contributed by atoms with Crippen molar-refractivity contribution in [2.75, 3.05) is 19.5 Å². The van der Waals surface area contributed by atoms with Crippen LogP contribution in [0.25, 0.3) is 0 Å². The second-order valence-electron chi connectivity index (χ2n) is 5.86. The Kier molecular flexibility index (Phi) is 5.66. The van der Waals surface area contributed by atoms with Crippen LogP contribution in [0.3, 0.4) is 0 Å². The number of benzene rings is 2. The lowest BCUT2D eigenvalue weighted by molar-refractivity contribution is 0.102. The Labute approximate surface area is 156 Å². The normalized spacial score (nSPS) is 10.3. The lowest BCUT2D eigenvalue weighted by atomic mass is 10.0. The summed E-state index contributed by atoms with van der Waals surface area (Å²) in [5, 5.41) is 2.82. The highest BCUT2D eigenvalue weighted by Gasteiger charge is 2.12. The van der Waals surface area contributed by atoms with Crippen LogP contribution in [0.1, 0.15) is 21.5 Å². The van der Waals surface area contributed by atoms with E-state index in [0.29, 0.717) is 34.7 Å². The Morgan fingerprint density at radius 1 is 1.07 bits per heavy atom. The number of nitrogens with one attached hydrogen (secondary N) is 1. The summed E-state index contributed by atoms with van der Waals surface area (Å²) in [5.41, 5.74) is 2.52. The average molecular weight is 366 g/mol. The van der Waals surface area contributed by atoms with Crippen molar-refractivity contribution in [3.63, 3.8) is 0 Å². The van der Waals surface area contributed by atoms with Gasteiger partial charge in [0.15, 0.2) is 11.5 Å². The van der Waals surface area contributed by atoms with Gasteiger partial charge in [0.25, 0.3) is 5.91 Å². The number of pyridine rings is 1. The fraction of sp³-hybridized carbons (Fsp3) is 0.143. The van der Waals surface area contributed by atoms with E-state index in [2.05, 4.69) is 10.3 Å². The second kappa shape index (κ2) is 8.31. The molecule has 5 nitrogen and oxygen atoms in total. The van der Waals surface area contributed by atoms with Crippen LogP contribution in [0.4, 0.5) is 10.1 Å². The molecule has 0 fully saturated rings. The first-order chi connectivity index (χ1) is 13.1. The highest BCUT2D eigenvalue weighted by molar-refractivity contribution is 6.04. The molecule has 0 atom stereocenters. The Bertz CT molecular complexity index is 945. The third kappa shape index (κ3) is 4.41. The van der Waals surface area contributed by atoms with Crippen LogP contribution in [0.2, 0.25) is 0 Å². The van der Waals surface area contributed by atoms with Gasteiger partial charge in [0.2, 0.25) is 0 Å². The number of methoxy groups -OCH3 is 2. The molecule has 1 heterocycles. The Morgan fingerprint density at radius 3 is 2.59 bits per heavy atom. The van der Waals surface area contributed by atoms with E-state index in [1.54, 1.807) is 44.7 Å². The van der Waals surface area contributed by atoms with E-state index in [9.17, 15) is 9.18 Å². The average Bonchev–Trinajstić information content (AvgIpc) is 2.70. The van der Waals surface area contributed by atoms with Crippen molar-refractivity contribution in [3.8, 4) is 11.5 Å². The van der Waals surface area contributed by atoms with E-state index in [-0.39, 0.29) is 11.7 Å². The summed E-state index contributed by atoms with van der Waals surface area (Å²) in [5.74, 6) is 0.533. The Hall–Kier alpha value is -3.41. The molecule has 1 amide bonds. The molecule has 3 rings (SSSR count). The largest absolute Gasteiger partial charge is 0.493 e. The molecule has 1 aromatic heterocycles.